The molecule has 0 radical (unpaired) electrons. The highest BCUT2D eigenvalue weighted by Gasteiger charge is 2.27. The maximum absolute atomic E-state index is 11.7. The topological polar surface area (TPSA) is 47.3 Å². The van der Waals surface area contributed by atoms with E-state index in [0.29, 0.717) is 12.8 Å². The molecule has 1 fully saturated rings. The Kier molecular flexibility index (Phi) is 4.31. The number of nitrogens with zero attached hydrogens (tertiary/aromatic N) is 3. The van der Waals surface area contributed by atoms with Gasteiger partial charge in [-0.1, -0.05) is 0 Å². The van der Waals surface area contributed by atoms with Gasteiger partial charge in [-0.3, -0.25) is 9.69 Å². The number of hydrogen-bond acceptors (Lipinski definition) is 3. The van der Waals surface area contributed by atoms with Crippen LogP contribution >= 0.6 is 0 Å². The van der Waals surface area contributed by atoms with Gasteiger partial charge < -0.3 is 4.90 Å². The average Bonchev–Trinajstić information content (AvgIpc) is 2.25. The Morgan fingerprint density at radius 2 is 1.81 bits per heavy atom. The van der Waals surface area contributed by atoms with Crippen molar-refractivity contribution in [3.63, 3.8) is 0 Å². The fraction of sp³-hybridized carbons (Fsp3) is 0.833. The Balaban J connectivity index is 2.38. The first kappa shape index (κ1) is 13.0. The molecule has 1 heterocycles. The van der Waals surface area contributed by atoms with Gasteiger partial charge >= 0.3 is 0 Å². The molecule has 90 valence electrons. The molecule has 0 aromatic rings. The van der Waals surface area contributed by atoms with Gasteiger partial charge in [0.15, 0.2) is 0 Å². The van der Waals surface area contributed by atoms with E-state index in [-0.39, 0.29) is 11.4 Å². The number of carbonyl (C=O) groups is 1. The van der Waals surface area contributed by atoms with Crippen molar-refractivity contribution in [1.29, 1.82) is 5.26 Å². The minimum absolute atomic E-state index is 0.120. The SMILES string of the molecule is CC(C)(C)N1CCN(C(=O)CCC#N)CC1. The summed E-state index contributed by atoms with van der Waals surface area (Å²) < 4.78 is 0. The van der Waals surface area contributed by atoms with Crippen LogP contribution in [0, 0.1) is 11.3 Å². The number of hydrogen-bond donors (Lipinski definition) is 0. The monoisotopic (exact) mass is 223 g/mol. The molecule has 1 aliphatic rings. The maximum Gasteiger partial charge on any atom is 0.223 e. The first-order chi connectivity index (χ1) is 7.45. The molecule has 1 rings (SSSR count). The first-order valence-corrected chi connectivity index (χ1v) is 5.85. The summed E-state index contributed by atoms with van der Waals surface area (Å²) in [6.45, 7) is 10.0. The number of amides is 1. The lowest BCUT2D eigenvalue weighted by molar-refractivity contribution is -0.133. The minimum atomic E-state index is 0.120. The van der Waals surface area contributed by atoms with Crippen LogP contribution in [0.4, 0.5) is 0 Å². The van der Waals surface area contributed by atoms with Gasteiger partial charge in [-0.25, -0.2) is 0 Å². The first-order valence-electron chi connectivity index (χ1n) is 5.85. The van der Waals surface area contributed by atoms with Gasteiger partial charge in [-0.05, 0) is 20.8 Å². The normalized spacial score (nSPS) is 18.2. The van der Waals surface area contributed by atoms with E-state index in [1.165, 1.54) is 0 Å². The van der Waals surface area contributed by atoms with Gasteiger partial charge in [0, 0.05) is 44.6 Å². The molecular formula is C12H21N3O. The fourth-order valence-electron chi connectivity index (χ4n) is 1.95. The van der Waals surface area contributed by atoms with E-state index in [2.05, 4.69) is 25.7 Å². The molecule has 0 N–H and O–H groups in total. The second-order valence-corrected chi connectivity index (χ2v) is 5.20. The smallest absolute Gasteiger partial charge is 0.223 e. The Labute approximate surface area is 97.8 Å². The summed E-state index contributed by atoms with van der Waals surface area (Å²) in [5.41, 5.74) is 0.182. The van der Waals surface area contributed by atoms with Gasteiger partial charge in [0.25, 0.3) is 0 Å². The lowest BCUT2D eigenvalue weighted by Gasteiger charge is -2.42. The van der Waals surface area contributed by atoms with Crippen molar-refractivity contribution >= 4 is 5.91 Å². The van der Waals surface area contributed by atoms with Crippen molar-refractivity contribution in [2.45, 2.75) is 39.2 Å². The highest BCUT2D eigenvalue weighted by atomic mass is 16.2. The van der Waals surface area contributed by atoms with Crippen LogP contribution in [0.5, 0.6) is 0 Å². The molecule has 0 aromatic heterocycles. The quantitative estimate of drug-likeness (QED) is 0.707. The lowest BCUT2D eigenvalue weighted by Crippen LogP contribution is -2.54. The molecule has 0 unspecified atom stereocenters. The summed E-state index contributed by atoms with van der Waals surface area (Å²) in [5, 5.41) is 8.43. The third-order valence-corrected chi connectivity index (χ3v) is 3.03. The summed E-state index contributed by atoms with van der Waals surface area (Å²) in [6.07, 6.45) is 0.699. The summed E-state index contributed by atoms with van der Waals surface area (Å²) >= 11 is 0. The predicted octanol–water partition coefficient (Wildman–Crippen LogP) is 1.23. The van der Waals surface area contributed by atoms with Crippen LogP contribution in [0.2, 0.25) is 0 Å². The van der Waals surface area contributed by atoms with Gasteiger partial charge in [0.1, 0.15) is 0 Å². The third-order valence-electron chi connectivity index (χ3n) is 3.03. The molecule has 1 aliphatic heterocycles. The Morgan fingerprint density at radius 1 is 1.25 bits per heavy atom. The van der Waals surface area contributed by atoms with Gasteiger partial charge in [0.2, 0.25) is 5.91 Å². The largest absolute Gasteiger partial charge is 0.340 e. The van der Waals surface area contributed by atoms with E-state index in [4.69, 9.17) is 5.26 Å². The van der Waals surface area contributed by atoms with Crippen LogP contribution in [-0.4, -0.2) is 47.4 Å². The lowest BCUT2D eigenvalue weighted by atomic mass is 10.0. The highest BCUT2D eigenvalue weighted by Crippen LogP contribution is 2.16. The zero-order valence-electron chi connectivity index (χ0n) is 10.5. The summed E-state index contributed by atoms with van der Waals surface area (Å²) in [4.78, 5) is 15.9. The number of rotatable bonds is 2. The molecule has 4 heteroatoms. The standard InChI is InChI=1S/C12H21N3O/c1-12(2,3)15-9-7-14(8-10-15)11(16)5-4-6-13/h4-5,7-10H2,1-3H3. The van der Waals surface area contributed by atoms with Crippen LogP contribution < -0.4 is 0 Å². The van der Waals surface area contributed by atoms with E-state index < -0.39 is 0 Å². The van der Waals surface area contributed by atoms with E-state index in [0.717, 1.165) is 26.2 Å². The fourth-order valence-corrected chi connectivity index (χ4v) is 1.95. The van der Waals surface area contributed by atoms with Crippen LogP contribution in [0.25, 0.3) is 0 Å². The maximum atomic E-state index is 11.7. The van der Waals surface area contributed by atoms with Crippen molar-refractivity contribution < 1.29 is 4.79 Å². The predicted molar refractivity (Wildman–Crippen MR) is 62.8 cm³/mol. The third kappa shape index (κ3) is 3.49. The molecule has 16 heavy (non-hydrogen) atoms. The summed E-state index contributed by atoms with van der Waals surface area (Å²) in [7, 11) is 0. The van der Waals surface area contributed by atoms with Crippen molar-refractivity contribution in [3.05, 3.63) is 0 Å². The highest BCUT2D eigenvalue weighted by molar-refractivity contribution is 5.76. The Hall–Kier alpha value is -1.08. The van der Waals surface area contributed by atoms with E-state index >= 15 is 0 Å². The van der Waals surface area contributed by atoms with Gasteiger partial charge in [0.05, 0.1) is 6.07 Å². The molecule has 1 saturated heterocycles. The molecule has 0 atom stereocenters. The van der Waals surface area contributed by atoms with Crippen molar-refractivity contribution in [2.24, 2.45) is 0 Å². The van der Waals surface area contributed by atoms with Crippen LogP contribution in [0.15, 0.2) is 0 Å². The van der Waals surface area contributed by atoms with Crippen LogP contribution in [-0.2, 0) is 4.79 Å². The summed E-state index contributed by atoms with van der Waals surface area (Å²) in [6, 6.07) is 2.01. The molecule has 1 amide bonds. The van der Waals surface area contributed by atoms with E-state index in [1.807, 2.05) is 11.0 Å². The molecule has 0 saturated carbocycles. The Bertz CT molecular complexity index is 280. The van der Waals surface area contributed by atoms with E-state index in [1.54, 1.807) is 0 Å². The van der Waals surface area contributed by atoms with Crippen LogP contribution in [0.3, 0.4) is 0 Å². The second kappa shape index (κ2) is 5.31. The zero-order valence-corrected chi connectivity index (χ0v) is 10.5. The average molecular weight is 223 g/mol. The van der Waals surface area contributed by atoms with Crippen molar-refractivity contribution in [1.82, 2.24) is 9.80 Å². The second-order valence-electron chi connectivity index (χ2n) is 5.20. The van der Waals surface area contributed by atoms with Crippen LogP contribution in [0.1, 0.15) is 33.6 Å². The number of nitriles is 1. The zero-order chi connectivity index (χ0) is 12.2. The molecule has 0 aliphatic carbocycles. The molecular weight excluding hydrogens is 202 g/mol. The van der Waals surface area contributed by atoms with Gasteiger partial charge in [-0.15, -0.1) is 0 Å². The van der Waals surface area contributed by atoms with Gasteiger partial charge in [-0.2, -0.15) is 5.26 Å². The van der Waals surface area contributed by atoms with Crippen molar-refractivity contribution in [3.8, 4) is 6.07 Å². The molecule has 0 spiro atoms. The molecule has 0 bridgehead atoms. The summed E-state index contributed by atoms with van der Waals surface area (Å²) in [5.74, 6) is 0.120. The molecule has 4 nitrogen and oxygen atoms in total. The van der Waals surface area contributed by atoms with Crippen molar-refractivity contribution in [2.75, 3.05) is 26.2 Å². The number of piperazine rings is 1. The van der Waals surface area contributed by atoms with E-state index in [9.17, 15) is 4.79 Å². The Morgan fingerprint density at radius 3 is 2.25 bits per heavy atom. The molecule has 0 aromatic carbocycles. The minimum Gasteiger partial charge on any atom is -0.340 e. The number of carbonyl (C=O) groups excluding carboxylic acids is 1.